The van der Waals surface area contributed by atoms with Gasteiger partial charge in [0.15, 0.2) is 11.5 Å². The van der Waals surface area contributed by atoms with Gasteiger partial charge in [-0.25, -0.2) is 15.0 Å². The van der Waals surface area contributed by atoms with E-state index >= 15 is 0 Å². The van der Waals surface area contributed by atoms with Crippen LogP contribution in [0.5, 0.6) is 0 Å². The quantitative estimate of drug-likeness (QED) is 0.361. The fraction of sp³-hybridized carbons (Fsp3) is 0.333. The zero-order valence-corrected chi connectivity index (χ0v) is 20.6. The summed E-state index contributed by atoms with van der Waals surface area (Å²) in [6.45, 7) is 7.69. The molecule has 1 atom stereocenters. The van der Waals surface area contributed by atoms with Crippen LogP contribution < -0.4 is 10.6 Å². The molecular formula is C21H24IN7OS. The first kappa shape index (κ1) is 22.0. The van der Waals surface area contributed by atoms with Gasteiger partial charge in [-0.1, -0.05) is 0 Å². The molecule has 162 valence electrons. The predicted octanol–water partition coefficient (Wildman–Crippen LogP) is 4.29. The normalized spacial score (nSPS) is 17.7. The van der Waals surface area contributed by atoms with Crippen molar-refractivity contribution < 1.29 is 4.74 Å². The third-order valence-corrected chi connectivity index (χ3v) is 6.99. The molecule has 0 bridgehead atoms. The number of nitrogens with zero attached hydrogens (tertiary/aromatic N) is 5. The Morgan fingerprint density at radius 1 is 1.32 bits per heavy atom. The lowest BCUT2D eigenvalue weighted by molar-refractivity contribution is 0.0985. The van der Waals surface area contributed by atoms with Gasteiger partial charge in [0.25, 0.3) is 0 Å². The molecule has 0 spiro atoms. The van der Waals surface area contributed by atoms with E-state index in [9.17, 15) is 0 Å². The lowest BCUT2D eigenvalue weighted by atomic mass is 10.0. The number of allylic oxidation sites excluding steroid dienone is 2. The zero-order chi connectivity index (χ0) is 22.1. The number of aromatic nitrogens is 4. The Morgan fingerprint density at radius 2 is 2.13 bits per heavy atom. The summed E-state index contributed by atoms with van der Waals surface area (Å²) in [6, 6.07) is 6.08. The summed E-state index contributed by atoms with van der Waals surface area (Å²) in [5, 5.41) is 9.24. The number of anilines is 1. The van der Waals surface area contributed by atoms with E-state index in [2.05, 4.69) is 38.0 Å². The van der Waals surface area contributed by atoms with Crippen LogP contribution in [0.1, 0.15) is 26.5 Å². The first-order chi connectivity index (χ1) is 14.9. The van der Waals surface area contributed by atoms with Crippen molar-refractivity contribution in [2.45, 2.75) is 26.8 Å². The number of nitrogens with two attached hydrogens (primary N) is 1. The van der Waals surface area contributed by atoms with E-state index in [4.69, 9.17) is 25.8 Å². The average molecular weight is 549 g/mol. The van der Waals surface area contributed by atoms with Crippen LogP contribution in [0.2, 0.25) is 0 Å². The van der Waals surface area contributed by atoms with Crippen molar-refractivity contribution in [1.82, 2.24) is 18.9 Å². The Morgan fingerprint density at radius 3 is 2.81 bits per heavy atom. The number of halogens is 1. The summed E-state index contributed by atoms with van der Waals surface area (Å²) >= 11 is 2.24. The molecule has 8 nitrogen and oxygen atoms in total. The van der Waals surface area contributed by atoms with Gasteiger partial charge in [-0.2, -0.15) is 0 Å². The number of hydrogen-bond donors (Lipinski definition) is 2. The Labute approximate surface area is 197 Å². The summed E-state index contributed by atoms with van der Waals surface area (Å²) in [6.07, 6.45) is 3.77. The molecule has 0 amide bonds. The van der Waals surface area contributed by atoms with Gasteiger partial charge in [0.2, 0.25) is 0 Å². The number of nitrogens with one attached hydrogen (secondary N) is 1. The molecule has 1 fully saturated rings. The highest BCUT2D eigenvalue weighted by Crippen LogP contribution is 2.32. The molecule has 0 radical (unpaired) electrons. The Bertz CT molecular complexity index is 1170. The van der Waals surface area contributed by atoms with Crippen LogP contribution in [-0.4, -0.2) is 50.4 Å². The summed E-state index contributed by atoms with van der Waals surface area (Å²) in [5.41, 5.74) is 10.1. The van der Waals surface area contributed by atoms with Gasteiger partial charge < -0.3 is 20.8 Å². The highest BCUT2D eigenvalue weighted by Gasteiger charge is 2.24. The standard InChI is InChI=1S/C21H24IN7OS/c1-12-11-30-9-8-28(12)18-10-17(19(13(2)23)14(3)24)26-20(27-18)15-4-6-25-21-16(15)5-7-29(21)31-22/h4-7,10,12,23H,8-9,11,24H2,1-3H3/b19-14+,23-13?. The second kappa shape index (κ2) is 9.13. The minimum atomic E-state index is 0.186. The summed E-state index contributed by atoms with van der Waals surface area (Å²) < 4.78 is 7.62. The maximum absolute atomic E-state index is 8.26. The molecule has 10 heteroatoms. The highest BCUT2D eigenvalue weighted by molar-refractivity contribution is 14.2. The third kappa shape index (κ3) is 4.28. The van der Waals surface area contributed by atoms with Crippen molar-refractivity contribution >= 4 is 58.5 Å². The van der Waals surface area contributed by atoms with E-state index in [0.29, 0.717) is 41.7 Å². The van der Waals surface area contributed by atoms with Crippen molar-refractivity contribution in [3.63, 3.8) is 0 Å². The van der Waals surface area contributed by atoms with Crippen LogP contribution in [0, 0.1) is 5.41 Å². The average Bonchev–Trinajstić information content (AvgIpc) is 3.16. The molecule has 3 aromatic heterocycles. The van der Waals surface area contributed by atoms with Crippen molar-refractivity contribution in [3.05, 3.63) is 42.0 Å². The second-order valence-corrected chi connectivity index (χ2v) is 9.25. The van der Waals surface area contributed by atoms with Crippen molar-refractivity contribution in [2.75, 3.05) is 24.7 Å². The van der Waals surface area contributed by atoms with Crippen molar-refractivity contribution in [2.24, 2.45) is 5.73 Å². The number of morpholine rings is 1. The molecule has 0 saturated carbocycles. The number of rotatable bonds is 5. The Hall–Kier alpha value is -2.18. The molecule has 3 aromatic rings. The molecular weight excluding hydrogens is 525 g/mol. The van der Waals surface area contributed by atoms with Crippen molar-refractivity contribution in [1.29, 1.82) is 5.41 Å². The molecule has 1 saturated heterocycles. The van der Waals surface area contributed by atoms with Gasteiger partial charge in [0, 0.05) is 83.3 Å². The SMILES string of the molecule is CC(=N)/C(=C(/C)N)c1cc(N2CCOCC2C)nc(-c2ccnc3c2ccn3SI)n1. The first-order valence-electron chi connectivity index (χ1n) is 9.92. The molecule has 1 aliphatic rings. The molecule has 4 rings (SSSR count). The molecule has 0 aliphatic carbocycles. The largest absolute Gasteiger partial charge is 0.402 e. The van der Waals surface area contributed by atoms with Gasteiger partial charge in [-0.3, -0.25) is 3.97 Å². The monoisotopic (exact) mass is 549 g/mol. The Kier molecular flexibility index (Phi) is 6.49. The summed E-state index contributed by atoms with van der Waals surface area (Å²) in [7, 11) is 1.56. The third-order valence-electron chi connectivity index (χ3n) is 5.27. The van der Waals surface area contributed by atoms with Crippen molar-refractivity contribution in [3.8, 4) is 11.4 Å². The van der Waals surface area contributed by atoms with Gasteiger partial charge >= 0.3 is 0 Å². The maximum Gasteiger partial charge on any atom is 0.162 e. The maximum atomic E-state index is 8.26. The number of fused-ring (bicyclic) bond motifs is 1. The molecule has 0 aromatic carbocycles. The minimum absolute atomic E-state index is 0.186. The van der Waals surface area contributed by atoms with E-state index < -0.39 is 0 Å². The zero-order valence-electron chi connectivity index (χ0n) is 17.6. The highest BCUT2D eigenvalue weighted by atomic mass is 127. The van der Waals surface area contributed by atoms with Crippen LogP contribution in [0.25, 0.3) is 28.0 Å². The fourth-order valence-electron chi connectivity index (χ4n) is 3.85. The first-order valence-corrected chi connectivity index (χ1v) is 13.2. The van der Waals surface area contributed by atoms with E-state index in [1.165, 1.54) is 0 Å². The van der Waals surface area contributed by atoms with E-state index in [1.54, 1.807) is 29.2 Å². The topological polar surface area (TPSA) is 106 Å². The molecule has 3 N–H and O–H groups in total. The van der Waals surface area contributed by atoms with Crippen LogP contribution >= 0.6 is 30.3 Å². The van der Waals surface area contributed by atoms with Gasteiger partial charge in [0.05, 0.1) is 24.9 Å². The lowest BCUT2D eigenvalue weighted by Gasteiger charge is -2.34. The fourth-order valence-corrected chi connectivity index (χ4v) is 5.12. The smallest absolute Gasteiger partial charge is 0.162 e. The number of pyridine rings is 1. The molecule has 31 heavy (non-hydrogen) atoms. The van der Waals surface area contributed by atoms with Crippen LogP contribution in [-0.2, 0) is 4.74 Å². The van der Waals surface area contributed by atoms with Crippen LogP contribution in [0.3, 0.4) is 0 Å². The lowest BCUT2D eigenvalue weighted by Crippen LogP contribution is -2.44. The molecule has 4 heterocycles. The predicted molar refractivity (Wildman–Crippen MR) is 136 cm³/mol. The summed E-state index contributed by atoms with van der Waals surface area (Å²) in [4.78, 5) is 16.6. The van der Waals surface area contributed by atoms with Gasteiger partial charge in [0.1, 0.15) is 5.82 Å². The van der Waals surface area contributed by atoms with Crippen LogP contribution in [0.15, 0.2) is 36.3 Å². The van der Waals surface area contributed by atoms with E-state index in [1.807, 2.05) is 28.4 Å². The summed E-state index contributed by atoms with van der Waals surface area (Å²) in [5.74, 6) is 1.40. The van der Waals surface area contributed by atoms with E-state index in [-0.39, 0.29) is 6.04 Å². The Balaban J connectivity index is 1.95. The van der Waals surface area contributed by atoms with Gasteiger partial charge in [-0.05, 0) is 32.9 Å². The molecule has 1 aliphatic heterocycles. The van der Waals surface area contributed by atoms with Crippen LogP contribution in [0.4, 0.5) is 5.82 Å². The second-order valence-electron chi connectivity index (χ2n) is 7.54. The van der Waals surface area contributed by atoms with Gasteiger partial charge in [-0.15, -0.1) is 0 Å². The van der Waals surface area contributed by atoms with E-state index in [0.717, 1.165) is 29.0 Å². The minimum Gasteiger partial charge on any atom is -0.402 e. The molecule has 1 unspecified atom stereocenters. The number of hydrogen-bond acceptors (Lipinski definition) is 8. The number of ether oxygens (including phenoxy) is 1.